The summed E-state index contributed by atoms with van der Waals surface area (Å²) in [6.07, 6.45) is -2.27. The summed E-state index contributed by atoms with van der Waals surface area (Å²) in [5, 5.41) is 3.67. The molecule has 0 amide bonds. The van der Waals surface area contributed by atoms with Crippen LogP contribution >= 0.6 is 11.6 Å². The number of nitrogens with zero attached hydrogens (tertiary/aromatic N) is 1. The van der Waals surface area contributed by atoms with Gasteiger partial charge in [0.1, 0.15) is 10.9 Å². The van der Waals surface area contributed by atoms with Gasteiger partial charge in [-0.15, -0.1) is 13.2 Å². The molecule has 0 fully saturated rings. The summed E-state index contributed by atoms with van der Waals surface area (Å²) < 4.78 is 40.1. The van der Waals surface area contributed by atoms with Crippen LogP contribution in [0.1, 0.15) is 12.5 Å². The van der Waals surface area contributed by atoms with Crippen molar-refractivity contribution in [2.45, 2.75) is 19.7 Å². The van der Waals surface area contributed by atoms with E-state index in [1.165, 1.54) is 12.1 Å². The van der Waals surface area contributed by atoms with E-state index in [0.29, 0.717) is 17.6 Å². The molecule has 1 unspecified atom stereocenters. The molecule has 0 aliphatic carbocycles. The third kappa shape index (κ3) is 6.36. The van der Waals surface area contributed by atoms with E-state index in [-0.39, 0.29) is 5.75 Å². The quantitative estimate of drug-likeness (QED) is 0.755. The molecule has 0 radical (unpaired) electrons. The molecule has 3 nitrogen and oxygen atoms in total. The van der Waals surface area contributed by atoms with E-state index in [1.54, 1.807) is 24.4 Å². The van der Waals surface area contributed by atoms with Crippen LogP contribution in [0.4, 0.5) is 18.9 Å². The zero-order valence-corrected chi connectivity index (χ0v) is 13.2. The van der Waals surface area contributed by atoms with Crippen molar-refractivity contribution < 1.29 is 17.9 Å². The molecule has 1 aromatic carbocycles. The predicted molar refractivity (Wildman–Crippen MR) is 83.7 cm³/mol. The number of aromatic nitrogens is 1. The van der Waals surface area contributed by atoms with Crippen LogP contribution < -0.4 is 10.1 Å². The summed E-state index contributed by atoms with van der Waals surface area (Å²) in [6, 6.07) is 9.47. The second-order valence-corrected chi connectivity index (χ2v) is 5.64. The maximum Gasteiger partial charge on any atom is 0.573 e. The summed E-state index contributed by atoms with van der Waals surface area (Å²) in [5.74, 6) is 0.0827. The van der Waals surface area contributed by atoms with Gasteiger partial charge in [0, 0.05) is 6.54 Å². The van der Waals surface area contributed by atoms with Gasteiger partial charge in [0.05, 0.1) is 11.9 Å². The van der Waals surface area contributed by atoms with Crippen molar-refractivity contribution in [1.82, 2.24) is 4.98 Å². The van der Waals surface area contributed by atoms with Crippen molar-refractivity contribution in [2.75, 3.05) is 11.9 Å². The Hall–Kier alpha value is -1.95. The van der Waals surface area contributed by atoms with Gasteiger partial charge in [-0.2, -0.15) is 0 Å². The SMILES string of the molecule is CC(CNc1ccc(Cl)nc1)Cc1ccc(OC(F)(F)F)cc1. The highest BCUT2D eigenvalue weighted by Crippen LogP contribution is 2.23. The number of anilines is 1. The van der Waals surface area contributed by atoms with Crippen molar-refractivity contribution in [3.05, 3.63) is 53.3 Å². The summed E-state index contributed by atoms with van der Waals surface area (Å²) >= 11 is 5.72. The number of ether oxygens (including phenoxy) is 1. The minimum absolute atomic E-state index is 0.209. The number of hydrogen-bond donors (Lipinski definition) is 1. The van der Waals surface area contributed by atoms with Crippen LogP contribution in [0.3, 0.4) is 0 Å². The van der Waals surface area contributed by atoms with E-state index >= 15 is 0 Å². The molecule has 0 aliphatic heterocycles. The van der Waals surface area contributed by atoms with Crippen molar-refractivity contribution in [3.8, 4) is 5.75 Å². The molecule has 124 valence electrons. The molecular weight excluding hydrogens is 329 g/mol. The Morgan fingerprint density at radius 3 is 2.43 bits per heavy atom. The third-order valence-electron chi connectivity index (χ3n) is 3.12. The molecule has 2 aromatic rings. The van der Waals surface area contributed by atoms with Crippen LogP contribution in [0.25, 0.3) is 0 Å². The third-order valence-corrected chi connectivity index (χ3v) is 3.35. The van der Waals surface area contributed by atoms with Crippen molar-refractivity contribution in [3.63, 3.8) is 0 Å². The summed E-state index contributed by atoms with van der Waals surface area (Å²) in [7, 11) is 0. The Labute approximate surface area is 137 Å². The zero-order chi connectivity index (χ0) is 16.9. The highest BCUT2D eigenvalue weighted by molar-refractivity contribution is 6.29. The number of hydrogen-bond acceptors (Lipinski definition) is 3. The van der Waals surface area contributed by atoms with E-state index in [9.17, 15) is 13.2 Å². The topological polar surface area (TPSA) is 34.2 Å². The molecule has 23 heavy (non-hydrogen) atoms. The average Bonchev–Trinajstić information content (AvgIpc) is 2.47. The van der Waals surface area contributed by atoms with Gasteiger partial charge in [-0.3, -0.25) is 0 Å². The van der Waals surface area contributed by atoms with Crippen LogP contribution in [-0.4, -0.2) is 17.9 Å². The molecule has 1 N–H and O–H groups in total. The first kappa shape index (κ1) is 17.4. The Bertz CT molecular complexity index is 615. The van der Waals surface area contributed by atoms with Gasteiger partial charge in [0.2, 0.25) is 0 Å². The lowest BCUT2D eigenvalue weighted by molar-refractivity contribution is -0.274. The predicted octanol–water partition coefficient (Wildman–Crippen LogP) is 4.92. The van der Waals surface area contributed by atoms with Gasteiger partial charge >= 0.3 is 6.36 Å². The molecule has 1 aromatic heterocycles. The number of nitrogens with one attached hydrogen (secondary N) is 1. The fourth-order valence-electron chi connectivity index (χ4n) is 2.07. The van der Waals surface area contributed by atoms with E-state index in [2.05, 4.69) is 22.0 Å². The van der Waals surface area contributed by atoms with Crippen LogP contribution in [0.2, 0.25) is 5.15 Å². The first-order valence-electron chi connectivity index (χ1n) is 7.02. The largest absolute Gasteiger partial charge is 0.573 e. The number of alkyl halides is 3. The van der Waals surface area contributed by atoms with Gasteiger partial charge in [-0.1, -0.05) is 30.7 Å². The summed E-state index contributed by atoms with van der Waals surface area (Å²) in [5.41, 5.74) is 1.82. The number of benzene rings is 1. The molecule has 0 aliphatic rings. The standard InChI is InChI=1S/C16H16ClF3N2O/c1-11(9-21-13-4-7-15(17)22-10-13)8-12-2-5-14(6-3-12)23-16(18,19)20/h2-7,10-11,21H,8-9H2,1H3. The van der Waals surface area contributed by atoms with Gasteiger partial charge < -0.3 is 10.1 Å². The number of rotatable bonds is 6. The zero-order valence-electron chi connectivity index (χ0n) is 12.4. The molecule has 0 saturated heterocycles. The Kier molecular flexibility index (Phi) is 5.71. The molecule has 1 heterocycles. The molecule has 2 rings (SSSR count). The van der Waals surface area contributed by atoms with Crippen molar-refractivity contribution >= 4 is 17.3 Å². The summed E-state index contributed by atoms with van der Waals surface area (Å²) in [6.45, 7) is 2.76. The second-order valence-electron chi connectivity index (χ2n) is 5.25. The minimum atomic E-state index is -4.66. The van der Waals surface area contributed by atoms with E-state index in [4.69, 9.17) is 11.6 Å². The fraction of sp³-hybridized carbons (Fsp3) is 0.312. The van der Waals surface area contributed by atoms with Crippen LogP contribution in [-0.2, 0) is 6.42 Å². The normalized spacial score (nSPS) is 12.7. The van der Waals surface area contributed by atoms with Crippen molar-refractivity contribution in [1.29, 1.82) is 0 Å². The first-order chi connectivity index (χ1) is 10.8. The van der Waals surface area contributed by atoms with Crippen LogP contribution in [0.15, 0.2) is 42.6 Å². The Morgan fingerprint density at radius 1 is 1.17 bits per heavy atom. The monoisotopic (exact) mass is 344 g/mol. The average molecular weight is 345 g/mol. The van der Waals surface area contributed by atoms with Gasteiger partial charge in [-0.05, 0) is 42.2 Å². The fourth-order valence-corrected chi connectivity index (χ4v) is 2.19. The maximum absolute atomic E-state index is 12.1. The van der Waals surface area contributed by atoms with E-state index in [1.807, 2.05) is 6.07 Å². The van der Waals surface area contributed by atoms with Gasteiger partial charge in [-0.25, -0.2) is 4.98 Å². The molecule has 0 bridgehead atoms. The highest BCUT2D eigenvalue weighted by atomic mass is 35.5. The van der Waals surface area contributed by atoms with Gasteiger partial charge in [0.15, 0.2) is 0 Å². The lowest BCUT2D eigenvalue weighted by Crippen LogP contribution is -2.17. The number of halogens is 4. The highest BCUT2D eigenvalue weighted by Gasteiger charge is 2.30. The molecular formula is C16H16ClF3N2O. The Morgan fingerprint density at radius 2 is 1.87 bits per heavy atom. The lowest BCUT2D eigenvalue weighted by atomic mass is 10.0. The Balaban J connectivity index is 1.82. The van der Waals surface area contributed by atoms with Gasteiger partial charge in [0.25, 0.3) is 0 Å². The molecule has 0 spiro atoms. The van der Waals surface area contributed by atoms with E-state index in [0.717, 1.165) is 17.7 Å². The summed E-state index contributed by atoms with van der Waals surface area (Å²) in [4.78, 5) is 3.98. The molecule has 0 saturated carbocycles. The van der Waals surface area contributed by atoms with E-state index < -0.39 is 6.36 Å². The van der Waals surface area contributed by atoms with Crippen molar-refractivity contribution in [2.24, 2.45) is 5.92 Å². The van der Waals surface area contributed by atoms with Crippen LogP contribution in [0, 0.1) is 5.92 Å². The maximum atomic E-state index is 12.1. The smallest absolute Gasteiger partial charge is 0.406 e. The second kappa shape index (κ2) is 7.55. The number of pyridine rings is 1. The molecule has 7 heteroatoms. The lowest BCUT2D eigenvalue weighted by Gasteiger charge is -2.14. The first-order valence-corrected chi connectivity index (χ1v) is 7.40. The van der Waals surface area contributed by atoms with Crippen LogP contribution in [0.5, 0.6) is 5.75 Å². The molecule has 1 atom stereocenters. The minimum Gasteiger partial charge on any atom is -0.406 e.